The molecule has 0 saturated carbocycles. The summed E-state index contributed by atoms with van der Waals surface area (Å²) in [6.45, 7) is 7.27. The molecule has 2 unspecified atom stereocenters. The van der Waals surface area contributed by atoms with Gasteiger partial charge in [-0.15, -0.1) is 0 Å². The van der Waals surface area contributed by atoms with Crippen molar-refractivity contribution < 1.29 is 0 Å². The molecule has 16 heavy (non-hydrogen) atoms. The van der Waals surface area contributed by atoms with Gasteiger partial charge in [0.15, 0.2) is 0 Å². The lowest BCUT2D eigenvalue weighted by Gasteiger charge is -2.29. The zero-order chi connectivity index (χ0) is 11.8. The zero-order valence-electron chi connectivity index (χ0n) is 11.5. The Balaban J connectivity index is 2.25. The first-order valence-electron chi connectivity index (χ1n) is 7.19. The Morgan fingerprint density at radius 1 is 1.31 bits per heavy atom. The number of likely N-dealkylation sites (tertiary alicyclic amines) is 1. The Kier molecular flexibility index (Phi) is 7.06. The summed E-state index contributed by atoms with van der Waals surface area (Å²) in [6, 6.07) is 1.54. The second-order valence-electron chi connectivity index (χ2n) is 5.28. The summed E-state index contributed by atoms with van der Waals surface area (Å²) >= 11 is 0. The molecule has 0 spiro atoms. The van der Waals surface area contributed by atoms with Gasteiger partial charge in [-0.3, -0.25) is 0 Å². The average Bonchev–Trinajstić information content (AvgIpc) is 2.53. The summed E-state index contributed by atoms with van der Waals surface area (Å²) in [6.07, 6.45) is 9.72. The van der Waals surface area contributed by atoms with E-state index in [9.17, 15) is 0 Å². The first kappa shape index (κ1) is 14.0. The summed E-state index contributed by atoms with van der Waals surface area (Å²) in [7, 11) is 2.06. The lowest BCUT2D eigenvalue weighted by molar-refractivity contribution is 0.189. The van der Waals surface area contributed by atoms with Crippen molar-refractivity contribution in [1.82, 2.24) is 10.2 Å². The van der Waals surface area contributed by atoms with Gasteiger partial charge in [0, 0.05) is 12.1 Å². The summed E-state index contributed by atoms with van der Waals surface area (Å²) < 4.78 is 0. The van der Waals surface area contributed by atoms with Gasteiger partial charge in [0.05, 0.1) is 0 Å². The topological polar surface area (TPSA) is 15.3 Å². The smallest absolute Gasteiger partial charge is 0.00926 e. The molecule has 1 heterocycles. The number of hydrogen-bond acceptors (Lipinski definition) is 2. The predicted molar refractivity (Wildman–Crippen MR) is 71.9 cm³/mol. The average molecular weight is 226 g/mol. The molecule has 1 rings (SSSR count). The second-order valence-corrected chi connectivity index (χ2v) is 5.28. The van der Waals surface area contributed by atoms with Gasteiger partial charge in [0.2, 0.25) is 0 Å². The van der Waals surface area contributed by atoms with Crippen LogP contribution in [0.5, 0.6) is 0 Å². The van der Waals surface area contributed by atoms with Crippen molar-refractivity contribution in [3.05, 3.63) is 0 Å². The number of rotatable bonds is 6. The minimum absolute atomic E-state index is 0.673. The Bertz CT molecular complexity index is 170. The Hall–Kier alpha value is -0.0800. The molecular formula is C14H30N2. The molecule has 0 bridgehead atoms. The van der Waals surface area contributed by atoms with Crippen molar-refractivity contribution in [3.63, 3.8) is 0 Å². The van der Waals surface area contributed by atoms with E-state index in [0.29, 0.717) is 6.04 Å². The summed E-state index contributed by atoms with van der Waals surface area (Å²) in [4.78, 5) is 2.75. The summed E-state index contributed by atoms with van der Waals surface area (Å²) in [5, 5.41) is 3.32. The molecule has 0 radical (unpaired) electrons. The van der Waals surface area contributed by atoms with Crippen LogP contribution in [0.4, 0.5) is 0 Å². The van der Waals surface area contributed by atoms with Gasteiger partial charge in [-0.05, 0) is 59.2 Å². The van der Waals surface area contributed by atoms with E-state index in [2.05, 4.69) is 31.1 Å². The predicted octanol–water partition coefficient (Wildman–Crippen LogP) is 3.03. The molecule has 0 aromatic carbocycles. The molecule has 2 atom stereocenters. The molecule has 0 aliphatic carbocycles. The number of hydrogen-bond donors (Lipinski definition) is 1. The minimum Gasteiger partial charge on any atom is -0.317 e. The maximum Gasteiger partial charge on any atom is 0.00926 e. The van der Waals surface area contributed by atoms with Crippen molar-refractivity contribution >= 4 is 0 Å². The van der Waals surface area contributed by atoms with Gasteiger partial charge in [0.25, 0.3) is 0 Å². The highest BCUT2D eigenvalue weighted by Crippen LogP contribution is 2.19. The largest absolute Gasteiger partial charge is 0.317 e. The monoisotopic (exact) mass is 226 g/mol. The van der Waals surface area contributed by atoms with E-state index in [1.807, 2.05) is 0 Å². The maximum atomic E-state index is 3.32. The van der Waals surface area contributed by atoms with Crippen LogP contribution in [0.15, 0.2) is 0 Å². The van der Waals surface area contributed by atoms with E-state index in [-0.39, 0.29) is 0 Å². The molecule has 0 aromatic rings. The van der Waals surface area contributed by atoms with E-state index in [4.69, 9.17) is 0 Å². The lowest BCUT2D eigenvalue weighted by Crippen LogP contribution is -2.35. The van der Waals surface area contributed by atoms with Crippen LogP contribution in [0.2, 0.25) is 0 Å². The molecule has 2 nitrogen and oxygen atoms in total. The van der Waals surface area contributed by atoms with E-state index in [1.54, 1.807) is 0 Å². The summed E-state index contributed by atoms with van der Waals surface area (Å²) in [5.74, 6) is 0. The fraction of sp³-hybridized carbons (Fsp3) is 1.00. The molecule has 0 aromatic heterocycles. The molecule has 1 N–H and O–H groups in total. The van der Waals surface area contributed by atoms with E-state index in [1.165, 1.54) is 58.0 Å². The van der Waals surface area contributed by atoms with Gasteiger partial charge >= 0.3 is 0 Å². The van der Waals surface area contributed by atoms with Gasteiger partial charge in [-0.1, -0.05) is 19.8 Å². The van der Waals surface area contributed by atoms with Gasteiger partial charge in [-0.25, -0.2) is 0 Å². The molecule has 1 fully saturated rings. The Labute approximate surface area is 102 Å². The third kappa shape index (κ3) is 4.84. The van der Waals surface area contributed by atoms with Crippen molar-refractivity contribution in [2.24, 2.45) is 0 Å². The van der Waals surface area contributed by atoms with Gasteiger partial charge < -0.3 is 10.2 Å². The Morgan fingerprint density at radius 3 is 2.81 bits per heavy atom. The molecule has 1 aliphatic heterocycles. The minimum atomic E-state index is 0.673. The Morgan fingerprint density at radius 2 is 2.12 bits per heavy atom. The third-order valence-electron chi connectivity index (χ3n) is 4.05. The van der Waals surface area contributed by atoms with Crippen LogP contribution in [0.3, 0.4) is 0 Å². The first-order valence-corrected chi connectivity index (χ1v) is 7.19. The molecule has 1 aliphatic rings. The highest BCUT2D eigenvalue weighted by Gasteiger charge is 2.18. The van der Waals surface area contributed by atoms with E-state index in [0.717, 1.165) is 6.04 Å². The van der Waals surface area contributed by atoms with Gasteiger partial charge in [0.1, 0.15) is 0 Å². The highest BCUT2D eigenvalue weighted by atomic mass is 15.1. The highest BCUT2D eigenvalue weighted by molar-refractivity contribution is 4.74. The quantitative estimate of drug-likeness (QED) is 0.749. The van der Waals surface area contributed by atoms with Crippen LogP contribution in [-0.4, -0.2) is 37.1 Å². The van der Waals surface area contributed by atoms with Crippen LogP contribution in [-0.2, 0) is 0 Å². The van der Waals surface area contributed by atoms with Crippen LogP contribution in [0, 0.1) is 0 Å². The first-order chi connectivity index (χ1) is 7.77. The fourth-order valence-corrected chi connectivity index (χ4v) is 2.74. The van der Waals surface area contributed by atoms with Crippen LogP contribution in [0.25, 0.3) is 0 Å². The molecule has 2 heteroatoms. The molecular weight excluding hydrogens is 196 g/mol. The van der Waals surface area contributed by atoms with E-state index < -0.39 is 0 Å². The van der Waals surface area contributed by atoms with Crippen molar-refractivity contribution in [1.29, 1.82) is 0 Å². The summed E-state index contributed by atoms with van der Waals surface area (Å²) in [5.41, 5.74) is 0. The second kappa shape index (κ2) is 8.08. The molecule has 1 saturated heterocycles. The zero-order valence-corrected chi connectivity index (χ0v) is 11.5. The fourth-order valence-electron chi connectivity index (χ4n) is 2.74. The van der Waals surface area contributed by atoms with Crippen LogP contribution in [0.1, 0.15) is 58.8 Å². The lowest BCUT2D eigenvalue weighted by atomic mass is 10.1. The third-order valence-corrected chi connectivity index (χ3v) is 4.05. The molecule has 96 valence electrons. The molecule has 0 amide bonds. The van der Waals surface area contributed by atoms with Crippen molar-refractivity contribution in [3.8, 4) is 0 Å². The van der Waals surface area contributed by atoms with Crippen LogP contribution < -0.4 is 5.32 Å². The van der Waals surface area contributed by atoms with Crippen LogP contribution >= 0.6 is 0 Å². The standard InChI is InChI=1S/C14H30N2/c1-4-14-10-6-5-7-11-16(14)12-8-9-13(2)15-3/h13-15H,4-12H2,1-3H3. The SMILES string of the molecule is CCC1CCCCCN1CCCC(C)NC. The van der Waals surface area contributed by atoms with Gasteiger partial charge in [-0.2, -0.15) is 0 Å². The van der Waals surface area contributed by atoms with E-state index >= 15 is 0 Å². The normalized spacial score (nSPS) is 25.3. The maximum absolute atomic E-state index is 3.32. The van der Waals surface area contributed by atoms with Crippen molar-refractivity contribution in [2.75, 3.05) is 20.1 Å². The van der Waals surface area contributed by atoms with Crippen molar-refractivity contribution in [2.45, 2.75) is 70.9 Å². The number of nitrogens with one attached hydrogen (secondary N) is 1. The number of nitrogens with zero attached hydrogens (tertiary/aromatic N) is 1.